The largest absolute Gasteiger partial charge is 1.00 e. The molecule has 0 aromatic carbocycles. The number of hydrogen-bond donors (Lipinski definition) is 3. The van der Waals surface area contributed by atoms with Crippen LogP contribution in [0.1, 0.15) is 77.6 Å². The number of hydrogen-bond acceptors (Lipinski definition) is 8. The maximum absolute atomic E-state index is 10.2. The molecule has 0 saturated heterocycles. The van der Waals surface area contributed by atoms with Crippen molar-refractivity contribution >= 4 is 32.5 Å². The molecule has 0 rings (SSSR count). The quantitative estimate of drug-likeness (QED) is 0.107. The van der Waals surface area contributed by atoms with Crippen molar-refractivity contribution in [3.05, 3.63) is 0 Å². The molecular weight excluding hydrogens is 455 g/mol. The first kappa shape index (κ1) is 34.3. The molecule has 0 heterocycles. The van der Waals surface area contributed by atoms with Crippen LogP contribution in [-0.4, -0.2) is 59.9 Å². The zero-order chi connectivity index (χ0) is 22.9. The molecule has 0 aromatic heterocycles. The van der Waals surface area contributed by atoms with Crippen LogP contribution in [0, 0.1) is 0 Å². The molecule has 0 aliphatic carbocycles. The molecule has 30 heavy (non-hydrogen) atoms. The number of carboxylic acid groups (broad SMARTS) is 2. The van der Waals surface area contributed by atoms with Gasteiger partial charge in [0.05, 0.1) is 13.0 Å². The molecule has 0 aromatic rings. The van der Waals surface area contributed by atoms with Gasteiger partial charge in [0.25, 0.3) is 10.1 Å². The van der Waals surface area contributed by atoms with E-state index in [0.717, 1.165) is 12.8 Å². The first-order valence-corrected chi connectivity index (χ1v) is 12.2. The second-order valence-electron chi connectivity index (χ2n) is 6.35. The Morgan fingerprint density at radius 2 is 1.27 bits per heavy atom. The van der Waals surface area contributed by atoms with Crippen molar-refractivity contribution in [2.45, 2.75) is 82.8 Å². The molecule has 0 aliphatic rings. The van der Waals surface area contributed by atoms with Gasteiger partial charge in [0.1, 0.15) is 0 Å². The molecule has 0 radical (unpaired) electrons. The molecule has 0 fully saturated rings. The first-order valence-electron chi connectivity index (χ1n) is 9.32. The van der Waals surface area contributed by atoms with Crippen molar-refractivity contribution in [1.29, 1.82) is 0 Å². The summed E-state index contributed by atoms with van der Waals surface area (Å²) in [6.45, 7) is 2.24. The van der Waals surface area contributed by atoms with Gasteiger partial charge in [-0.15, -0.1) is 0 Å². The fourth-order valence-electron chi connectivity index (χ4n) is 2.23. The Morgan fingerprint density at radius 3 is 1.53 bits per heavy atom. The van der Waals surface area contributed by atoms with E-state index in [1.807, 2.05) is 0 Å². The zero-order valence-corrected chi connectivity index (χ0v) is 21.1. The molecule has 3 N–H and O–H groups in total. The Morgan fingerprint density at radius 1 is 0.867 bits per heavy atom. The van der Waals surface area contributed by atoms with Gasteiger partial charge in [-0.3, -0.25) is 18.3 Å². The molecule has 11 nitrogen and oxygen atoms in total. The third-order valence-electron chi connectivity index (χ3n) is 3.72. The van der Waals surface area contributed by atoms with Gasteiger partial charge in [0, 0.05) is 0 Å². The van der Waals surface area contributed by atoms with Gasteiger partial charge >= 0.3 is 41.5 Å². The van der Waals surface area contributed by atoms with E-state index in [2.05, 4.69) is 11.1 Å². The molecule has 0 aliphatic heterocycles. The second kappa shape index (κ2) is 19.4. The number of aliphatic carboxylic acids is 2. The van der Waals surface area contributed by atoms with E-state index in [1.165, 1.54) is 44.9 Å². The van der Waals surface area contributed by atoms with Crippen LogP contribution in [0.5, 0.6) is 0 Å². The standard InChI is InChI=1S/C12H26O4S.C4H6O7S.Na/c1-2-3-4-5-6-7-8-9-10-11-12-16-17(13,14)15;5-3(6)1-2(4(7)8)12(9,10)11;/h2-12H2,1H3,(H,13,14,15);2H,1H2,(H,5,6)(H,7,8)(H,9,10,11);/q;;+1/p-1. The molecule has 14 heteroatoms. The van der Waals surface area contributed by atoms with E-state index in [1.54, 1.807) is 0 Å². The van der Waals surface area contributed by atoms with Gasteiger partial charge in [-0.25, -0.2) is 8.42 Å². The van der Waals surface area contributed by atoms with E-state index in [-0.39, 0.29) is 36.2 Å². The van der Waals surface area contributed by atoms with Crippen LogP contribution in [0.2, 0.25) is 0 Å². The predicted molar refractivity (Wildman–Crippen MR) is 103 cm³/mol. The topological polar surface area (TPSA) is 195 Å². The SMILES string of the molecule is CCCCCCCCCCCCOS(=O)(=O)[O-].O=C(O)CC(C(=O)O)S(=O)(=O)O.[Na+]. The van der Waals surface area contributed by atoms with Crippen LogP contribution >= 0.6 is 0 Å². The van der Waals surface area contributed by atoms with Gasteiger partial charge in [-0.1, -0.05) is 64.7 Å². The van der Waals surface area contributed by atoms with E-state index in [4.69, 9.17) is 14.8 Å². The molecule has 174 valence electrons. The average Bonchev–Trinajstić information content (AvgIpc) is 2.56. The van der Waals surface area contributed by atoms with Crippen LogP contribution in [0.4, 0.5) is 0 Å². The minimum absolute atomic E-state index is 0. The number of carbonyl (C=O) groups is 2. The van der Waals surface area contributed by atoms with Crippen molar-refractivity contribution in [3.63, 3.8) is 0 Å². The van der Waals surface area contributed by atoms with Crippen LogP contribution in [0.15, 0.2) is 0 Å². The summed E-state index contributed by atoms with van der Waals surface area (Å²) in [6, 6.07) is 0. The maximum atomic E-state index is 10.2. The monoisotopic (exact) mass is 486 g/mol. The normalized spacial score (nSPS) is 12.2. The Kier molecular flexibility index (Phi) is 22.2. The third-order valence-corrected chi connectivity index (χ3v) is 5.26. The van der Waals surface area contributed by atoms with Gasteiger partial charge in [0.2, 0.25) is 10.4 Å². The Bertz CT molecular complexity index is 663. The molecule has 1 unspecified atom stereocenters. The maximum Gasteiger partial charge on any atom is 1.00 e. The van der Waals surface area contributed by atoms with E-state index < -0.39 is 44.1 Å². The zero-order valence-electron chi connectivity index (χ0n) is 17.5. The van der Waals surface area contributed by atoms with Crippen molar-refractivity contribution < 1.29 is 79.5 Å². The smallest absolute Gasteiger partial charge is 0.726 e. The molecule has 1 atom stereocenters. The second-order valence-corrected chi connectivity index (χ2v) is 9.00. The van der Waals surface area contributed by atoms with Gasteiger partial charge in [0.15, 0.2) is 5.25 Å². The van der Waals surface area contributed by atoms with Crippen LogP contribution < -0.4 is 29.6 Å². The van der Waals surface area contributed by atoms with Crippen LogP contribution in [-0.2, 0) is 34.3 Å². The summed E-state index contributed by atoms with van der Waals surface area (Å²) in [6.07, 6.45) is 10.5. The van der Waals surface area contributed by atoms with Crippen molar-refractivity contribution in [2.75, 3.05) is 6.61 Å². The Balaban J connectivity index is -0.000000497. The average molecular weight is 487 g/mol. The van der Waals surface area contributed by atoms with Crippen molar-refractivity contribution in [2.24, 2.45) is 0 Å². The summed E-state index contributed by atoms with van der Waals surface area (Å²) < 4.78 is 63.1. The minimum Gasteiger partial charge on any atom is -0.726 e. The number of carboxylic acids is 2. The molecule has 0 amide bonds. The van der Waals surface area contributed by atoms with Crippen LogP contribution in [0.3, 0.4) is 0 Å². The molecule has 0 spiro atoms. The first-order chi connectivity index (χ1) is 13.3. The third kappa shape index (κ3) is 25.8. The fraction of sp³-hybridized carbons (Fsp3) is 0.875. The van der Waals surface area contributed by atoms with Crippen molar-refractivity contribution in [3.8, 4) is 0 Å². The van der Waals surface area contributed by atoms with Gasteiger partial charge in [-0.2, -0.15) is 8.42 Å². The summed E-state index contributed by atoms with van der Waals surface area (Å²) in [5.41, 5.74) is 0. The minimum atomic E-state index is -4.84. The number of unbranched alkanes of at least 4 members (excludes halogenated alkanes) is 9. The van der Waals surface area contributed by atoms with Gasteiger partial charge < -0.3 is 14.8 Å². The summed E-state index contributed by atoms with van der Waals surface area (Å²) in [7, 11) is -9.32. The fourth-order valence-corrected chi connectivity index (χ4v) is 3.16. The predicted octanol–water partition coefficient (Wildman–Crippen LogP) is -0.810. The molecule has 0 bridgehead atoms. The van der Waals surface area contributed by atoms with Gasteiger partial charge in [-0.05, 0) is 6.42 Å². The summed E-state index contributed by atoms with van der Waals surface area (Å²) in [4.78, 5) is 20.0. The van der Waals surface area contributed by atoms with E-state index in [9.17, 15) is 31.0 Å². The Labute approximate surface area is 200 Å². The van der Waals surface area contributed by atoms with Crippen molar-refractivity contribution in [1.82, 2.24) is 0 Å². The van der Waals surface area contributed by atoms with Crippen LogP contribution in [0.25, 0.3) is 0 Å². The molecule has 0 saturated carbocycles. The Hall–Kier alpha value is -0.280. The number of rotatable bonds is 16. The molecular formula is C16H31NaO11S2. The summed E-state index contributed by atoms with van der Waals surface area (Å²) in [5, 5.41) is 13.9. The van der Waals surface area contributed by atoms with E-state index in [0.29, 0.717) is 6.42 Å². The summed E-state index contributed by atoms with van der Waals surface area (Å²) >= 11 is 0. The summed E-state index contributed by atoms with van der Waals surface area (Å²) in [5.74, 6) is -3.50. The van der Waals surface area contributed by atoms with E-state index >= 15 is 0 Å².